The fourth-order valence-electron chi connectivity index (χ4n) is 4.82. The number of nitriles is 1. The van der Waals surface area contributed by atoms with Crippen molar-refractivity contribution < 1.29 is 9.59 Å². The quantitative estimate of drug-likeness (QED) is 0.634. The topological polar surface area (TPSA) is 80.5 Å². The third-order valence-corrected chi connectivity index (χ3v) is 6.78. The molecule has 2 amide bonds. The number of anilines is 1. The second-order valence-electron chi connectivity index (χ2n) is 10.5. The summed E-state index contributed by atoms with van der Waals surface area (Å²) < 4.78 is 0. The lowest BCUT2D eigenvalue weighted by Gasteiger charge is -2.42. The second kappa shape index (κ2) is 9.46. The molecule has 1 aromatic heterocycles. The molecule has 2 saturated heterocycles. The molecule has 2 aliphatic rings. The third-order valence-electron chi connectivity index (χ3n) is 6.78. The molecule has 3 heterocycles. The first-order valence-corrected chi connectivity index (χ1v) is 12.0. The highest BCUT2D eigenvalue weighted by Gasteiger charge is 2.43. The molecule has 0 N–H and O–H groups in total. The first kappa shape index (κ1) is 23.7. The third kappa shape index (κ3) is 4.63. The maximum Gasteiger partial charge on any atom is 0.251 e. The van der Waals surface area contributed by atoms with Gasteiger partial charge in [0, 0.05) is 43.3 Å². The van der Waals surface area contributed by atoms with Crippen molar-refractivity contribution in [1.82, 2.24) is 14.8 Å². The van der Waals surface area contributed by atoms with Crippen LogP contribution in [0.1, 0.15) is 57.7 Å². The van der Waals surface area contributed by atoms with Gasteiger partial charge < -0.3 is 4.90 Å². The molecule has 1 aromatic carbocycles. The lowest BCUT2D eigenvalue weighted by atomic mass is 9.87. The number of nitrogens with zero attached hydrogens (tertiary/aromatic N) is 5. The highest BCUT2D eigenvalue weighted by atomic mass is 16.2. The minimum atomic E-state index is -0.838. The Morgan fingerprint density at radius 3 is 2.44 bits per heavy atom. The highest BCUT2D eigenvalue weighted by Crippen LogP contribution is 2.35. The lowest BCUT2D eigenvalue weighted by Crippen LogP contribution is -2.56. The van der Waals surface area contributed by atoms with Crippen molar-refractivity contribution in [3.63, 3.8) is 0 Å². The van der Waals surface area contributed by atoms with Gasteiger partial charge >= 0.3 is 0 Å². The summed E-state index contributed by atoms with van der Waals surface area (Å²) in [6, 6.07) is 10.1. The summed E-state index contributed by atoms with van der Waals surface area (Å²) in [6.07, 6.45) is 6.86. The van der Waals surface area contributed by atoms with Crippen LogP contribution in [0.5, 0.6) is 0 Å². The van der Waals surface area contributed by atoms with Crippen molar-refractivity contribution >= 4 is 17.5 Å². The number of hydrogen-bond donors (Lipinski definition) is 0. The molecule has 0 radical (unpaired) electrons. The molecule has 0 bridgehead atoms. The van der Waals surface area contributed by atoms with Gasteiger partial charge in [-0.05, 0) is 47.9 Å². The van der Waals surface area contributed by atoms with E-state index in [1.165, 1.54) is 4.90 Å². The average molecular weight is 460 g/mol. The van der Waals surface area contributed by atoms with Crippen molar-refractivity contribution in [2.45, 2.75) is 58.0 Å². The molecule has 7 heteroatoms. The van der Waals surface area contributed by atoms with Crippen molar-refractivity contribution in [3.8, 4) is 6.19 Å². The van der Waals surface area contributed by atoms with E-state index >= 15 is 0 Å². The maximum absolute atomic E-state index is 14.1. The van der Waals surface area contributed by atoms with Crippen LogP contribution in [0.3, 0.4) is 0 Å². The summed E-state index contributed by atoms with van der Waals surface area (Å²) in [7, 11) is 0. The molecular formula is C27H33N5O2. The summed E-state index contributed by atoms with van der Waals surface area (Å²) in [6.45, 7) is 10.4. The van der Waals surface area contributed by atoms with Gasteiger partial charge in [-0.3, -0.25) is 24.4 Å². The van der Waals surface area contributed by atoms with E-state index in [9.17, 15) is 14.9 Å². The number of amides is 2. The van der Waals surface area contributed by atoms with E-state index in [4.69, 9.17) is 0 Å². The molecule has 2 atom stereocenters. The van der Waals surface area contributed by atoms with Crippen LogP contribution in [0.2, 0.25) is 0 Å². The molecule has 0 aliphatic carbocycles. The van der Waals surface area contributed by atoms with Crippen LogP contribution >= 0.6 is 0 Å². The van der Waals surface area contributed by atoms with E-state index in [0.717, 1.165) is 12.0 Å². The molecule has 2 aromatic rings. The normalized spacial score (nSPS) is 19.3. The minimum absolute atomic E-state index is 0.0389. The fraction of sp³-hybridized carbons (Fsp3) is 0.481. The van der Waals surface area contributed by atoms with Crippen LogP contribution in [-0.4, -0.2) is 52.3 Å². The average Bonchev–Trinajstić information content (AvgIpc) is 3.29. The van der Waals surface area contributed by atoms with Gasteiger partial charge in [0.05, 0.1) is 0 Å². The van der Waals surface area contributed by atoms with Gasteiger partial charge in [0.1, 0.15) is 12.1 Å². The largest absolute Gasteiger partial charge is 0.340 e. The molecule has 4 rings (SSSR count). The Kier molecular flexibility index (Phi) is 6.60. The molecule has 2 fully saturated rings. The van der Waals surface area contributed by atoms with Gasteiger partial charge in [-0.1, -0.05) is 45.9 Å². The monoisotopic (exact) mass is 459 g/mol. The number of carbonyl (C=O) groups excluding carboxylic acids is 2. The van der Waals surface area contributed by atoms with Gasteiger partial charge in [-0.15, -0.1) is 0 Å². The molecule has 0 spiro atoms. The molecule has 0 saturated carbocycles. The molecule has 34 heavy (non-hydrogen) atoms. The number of hydrogen-bond acceptors (Lipinski definition) is 5. The zero-order chi connectivity index (χ0) is 24.5. The van der Waals surface area contributed by atoms with Gasteiger partial charge in [-0.2, -0.15) is 5.26 Å². The SMILES string of the molecule is CC1CN(C(=O)C(c2cccnc2)N(C(=O)[C@H]2CCCN2C#N)c2ccc(C(C)(C)C)cc2)C1. The fourth-order valence-corrected chi connectivity index (χ4v) is 4.82. The van der Waals surface area contributed by atoms with Crippen LogP contribution in [0, 0.1) is 17.4 Å². The van der Waals surface area contributed by atoms with Gasteiger partial charge in [0.2, 0.25) is 5.91 Å². The summed E-state index contributed by atoms with van der Waals surface area (Å²) in [5.74, 6) is 0.108. The second-order valence-corrected chi connectivity index (χ2v) is 10.5. The van der Waals surface area contributed by atoms with Gasteiger partial charge in [0.25, 0.3) is 5.91 Å². The van der Waals surface area contributed by atoms with Crippen LogP contribution in [0.25, 0.3) is 0 Å². The van der Waals surface area contributed by atoms with Crippen molar-refractivity contribution in [3.05, 3.63) is 59.9 Å². The number of benzene rings is 1. The van der Waals surface area contributed by atoms with E-state index in [1.54, 1.807) is 23.4 Å². The molecule has 2 aliphatic heterocycles. The standard InChI is InChI=1S/C27H33N5O2/c1-19-16-31(17-19)26(34)24(20-7-5-13-29-15-20)32(25(33)23-8-6-14-30(23)18-28)22-11-9-21(10-12-22)27(2,3)4/h5,7,9-13,15,19,23-24H,6,8,14,16-17H2,1-4H3/t23-,24?/m1/s1. The van der Waals surface area contributed by atoms with Crippen LogP contribution in [0.4, 0.5) is 5.69 Å². The number of carbonyl (C=O) groups is 2. The smallest absolute Gasteiger partial charge is 0.251 e. The summed E-state index contributed by atoms with van der Waals surface area (Å²) >= 11 is 0. The number of pyridine rings is 1. The molecule has 178 valence electrons. The Morgan fingerprint density at radius 1 is 1.18 bits per heavy atom. The first-order valence-electron chi connectivity index (χ1n) is 12.0. The zero-order valence-corrected chi connectivity index (χ0v) is 20.4. The summed E-state index contributed by atoms with van der Waals surface area (Å²) in [5.41, 5.74) is 2.42. The van der Waals surface area contributed by atoms with Crippen molar-refractivity contribution in [1.29, 1.82) is 5.26 Å². The van der Waals surface area contributed by atoms with Gasteiger partial charge in [-0.25, -0.2) is 0 Å². The van der Waals surface area contributed by atoms with Crippen LogP contribution in [-0.2, 0) is 15.0 Å². The van der Waals surface area contributed by atoms with Crippen molar-refractivity contribution in [2.75, 3.05) is 24.5 Å². The Hall–Kier alpha value is -3.40. The molecule has 7 nitrogen and oxygen atoms in total. The van der Waals surface area contributed by atoms with Crippen LogP contribution < -0.4 is 4.90 Å². The Balaban J connectivity index is 1.81. The highest BCUT2D eigenvalue weighted by molar-refractivity contribution is 6.04. The summed E-state index contributed by atoms with van der Waals surface area (Å²) in [5, 5.41) is 9.61. The summed E-state index contributed by atoms with van der Waals surface area (Å²) in [4.78, 5) is 37.1. The van der Waals surface area contributed by atoms with Crippen molar-refractivity contribution in [2.24, 2.45) is 5.92 Å². The predicted octanol–water partition coefficient (Wildman–Crippen LogP) is 3.88. The lowest BCUT2D eigenvalue weighted by molar-refractivity contribution is -0.140. The zero-order valence-electron chi connectivity index (χ0n) is 20.4. The Morgan fingerprint density at radius 2 is 1.88 bits per heavy atom. The number of rotatable bonds is 5. The van der Waals surface area contributed by atoms with E-state index < -0.39 is 12.1 Å². The predicted molar refractivity (Wildman–Crippen MR) is 131 cm³/mol. The van der Waals surface area contributed by atoms with E-state index in [0.29, 0.717) is 43.2 Å². The molecule has 1 unspecified atom stereocenters. The number of likely N-dealkylation sites (tertiary alicyclic amines) is 2. The molecular weight excluding hydrogens is 426 g/mol. The van der Waals surface area contributed by atoms with E-state index in [1.807, 2.05) is 35.2 Å². The van der Waals surface area contributed by atoms with E-state index in [2.05, 4.69) is 38.9 Å². The van der Waals surface area contributed by atoms with Gasteiger partial charge in [0.15, 0.2) is 6.19 Å². The first-order chi connectivity index (χ1) is 16.2. The van der Waals surface area contributed by atoms with E-state index in [-0.39, 0.29) is 17.2 Å². The van der Waals surface area contributed by atoms with Crippen LogP contribution in [0.15, 0.2) is 48.8 Å². The maximum atomic E-state index is 14.1. The Labute approximate surface area is 202 Å². The Bertz CT molecular complexity index is 1060. The number of aromatic nitrogens is 1. The minimum Gasteiger partial charge on any atom is -0.340 e.